The Labute approximate surface area is 167 Å². The summed E-state index contributed by atoms with van der Waals surface area (Å²) in [4.78, 5) is 28.8. The number of nitrogens with zero attached hydrogens (tertiary/aromatic N) is 2. The molecular formula is C20H34N2O2S2. The highest BCUT2D eigenvalue weighted by Crippen LogP contribution is 2.29. The summed E-state index contributed by atoms with van der Waals surface area (Å²) in [6.45, 7) is 2.85. The van der Waals surface area contributed by atoms with Crippen molar-refractivity contribution in [1.82, 2.24) is 9.80 Å². The number of thioether (sulfide) groups is 2. The van der Waals surface area contributed by atoms with Gasteiger partial charge in [-0.15, -0.1) is 23.5 Å². The highest BCUT2D eigenvalue weighted by Gasteiger charge is 2.25. The molecule has 2 amide bonds. The van der Waals surface area contributed by atoms with Gasteiger partial charge in [-0.05, 0) is 25.7 Å². The Morgan fingerprint density at radius 2 is 0.962 bits per heavy atom. The first-order chi connectivity index (χ1) is 12.7. The average Bonchev–Trinajstić information content (AvgIpc) is 2.72. The molecule has 2 aliphatic carbocycles. The molecule has 0 atom stereocenters. The van der Waals surface area contributed by atoms with E-state index in [-0.39, 0.29) is 11.8 Å². The second-order valence-electron chi connectivity index (χ2n) is 7.90. The number of carbonyl (C=O) groups excluding carboxylic acids is 2. The molecule has 6 heteroatoms. The van der Waals surface area contributed by atoms with Crippen LogP contribution in [0.4, 0.5) is 0 Å². The lowest BCUT2D eigenvalue weighted by Crippen LogP contribution is -2.51. The molecule has 3 aliphatic rings. The van der Waals surface area contributed by atoms with E-state index in [1.165, 1.54) is 64.2 Å². The van der Waals surface area contributed by atoms with Gasteiger partial charge in [0.2, 0.25) is 11.8 Å². The van der Waals surface area contributed by atoms with E-state index in [1.807, 2.05) is 33.3 Å². The van der Waals surface area contributed by atoms with Crippen molar-refractivity contribution in [3.8, 4) is 0 Å². The lowest BCUT2D eigenvalue weighted by Gasteiger charge is -2.35. The smallest absolute Gasteiger partial charge is 0.232 e. The van der Waals surface area contributed by atoms with Crippen LogP contribution < -0.4 is 0 Å². The van der Waals surface area contributed by atoms with Gasteiger partial charge in [-0.2, -0.15) is 0 Å². The van der Waals surface area contributed by atoms with Crippen LogP contribution in [0.2, 0.25) is 0 Å². The van der Waals surface area contributed by atoms with Crippen LogP contribution in [0.5, 0.6) is 0 Å². The zero-order chi connectivity index (χ0) is 18.2. The molecule has 2 saturated carbocycles. The topological polar surface area (TPSA) is 40.6 Å². The minimum atomic E-state index is 0.268. The number of carbonyl (C=O) groups is 2. The molecule has 3 rings (SSSR count). The van der Waals surface area contributed by atoms with Crippen molar-refractivity contribution in [3.05, 3.63) is 0 Å². The molecule has 4 nitrogen and oxygen atoms in total. The second kappa shape index (κ2) is 10.8. The predicted octanol–water partition coefficient (Wildman–Crippen LogP) is 3.79. The van der Waals surface area contributed by atoms with Crippen LogP contribution in [0.15, 0.2) is 0 Å². The first-order valence-electron chi connectivity index (χ1n) is 10.5. The van der Waals surface area contributed by atoms with Gasteiger partial charge in [-0.3, -0.25) is 9.59 Å². The fourth-order valence-electron chi connectivity index (χ4n) is 4.23. The molecule has 1 heterocycles. The quantitative estimate of drug-likeness (QED) is 0.682. The van der Waals surface area contributed by atoms with Gasteiger partial charge in [-0.25, -0.2) is 0 Å². The number of rotatable bonds is 6. The minimum absolute atomic E-state index is 0.268. The molecule has 0 aromatic carbocycles. The third-order valence-electron chi connectivity index (χ3n) is 5.97. The van der Waals surface area contributed by atoms with Gasteiger partial charge in [0.15, 0.2) is 0 Å². The molecule has 148 valence electrons. The fraction of sp³-hybridized carbons (Fsp3) is 0.900. The Kier molecular flexibility index (Phi) is 8.50. The molecule has 0 N–H and O–H groups in total. The van der Waals surface area contributed by atoms with Crippen molar-refractivity contribution in [3.63, 3.8) is 0 Å². The van der Waals surface area contributed by atoms with E-state index in [0.717, 1.165) is 0 Å². The Morgan fingerprint density at radius 3 is 1.31 bits per heavy atom. The Balaban J connectivity index is 1.31. The monoisotopic (exact) mass is 398 g/mol. The predicted molar refractivity (Wildman–Crippen MR) is 112 cm³/mol. The summed E-state index contributed by atoms with van der Waals surface area (Å²) < 4.78 is 0. The first-order valence-corrected chi connectivity index (χ1v) is 12.6. The van der Waals surface area contributed by atoms with Crippen molar-refractivity contribution < 1.29 is 9.59 Å². The third kappa shape index (κ3) is 6.36. The van der Waals surface area contributed by atoms with Gasteiger partial charge in [-0.1, -0.05) is 38.5 Å². The zero-order valence-electron chi connectivity index (χ0n) is 16.0. The van der Waals surface area contributed by atoms with E-state index < -0.39 is 0 Å². The Morgan fingerprint density at radius 1 is 0.615 bits per heavy atom. The van der Waals surface area contributed by atoms with Crippen LogP contribution >= 0.6 is 23.5 Å². The van der Waals surface area contributed by atoms with Crippen LogP contribution in [0.1, 0.15) is 64.2 Å². The van der Waals surface area contributed by atoms with E-state index in [0.29, 0.717) is 48.2 Å². The molecule has 0 aromatic rings. The lowest BCUT2D eigenvalue weighted by molar-refractivity contribution is -0.136. The van der Waals surface area contributed by atoms with Crippen molar-refractivity contribution in [2.24, 2.45) is 0 Å². The summed E-state index contributed by atoms with van der Waals surface area (Å²) in [5.74, 6) is 1.78. The summed E-state index contributed by atoms with van der Waals surface area (Å²) in [6.07, 6.45) is 13.1. The van der Waals surface area contributed by atoms with Crippen LogP contribution in [-0.4, -0.2) is 69.8 Å². The van der Waals surface area contributed by atoms with E-state index in [9.17, 15) is 9.59 Å². The van der Waals surface area contributed by atoms with Gasteiger partial charge >= 0.3 is 0 Å². The third-order valence-corrected chi connectivity index (χ3v) is 8.69. The highest BCUT2D eigenvalue weighted by molar-refractivity contribution is 8.00. The SMILES string of the molecule is O=C(CSC1CCCCC1)N1CCN(C(=O)CSC2CCCCC2)CC1. The van der Waals surface area contributed by atoms with Crippen LogP contribution in [0.25, 0.3) is 0 Å². The molecule has 0 aromatic heterocycles. The normalized spacial score (nSPS) is 23.2. The largest absolute Gasteiger partial charge is 0.338 e. The van der Waals surface area contributed by atoms with E-state index in [1.54, 1.807) is 0 Å². The van der Waals surface area contributed by atoms with Crippen molar-refractivity contribution in [2.45, 2.75) is 74.7 Å². The van der Waals surface area contributed by atoms with Gasteiger partial charge in [0.25, 0.3) is 0 Å². The van der Waals surface area contributed by atoms with Crippen LogP contribution in [-0.2, 0) is 9.59 Å². The summed E-state index contributed by atoms with van der Waals surface area (Å²) in [7, 11) is 0. The molecule has 0 unspecified atom stereocenters. The van der Waals surface area contributed by atoms with Gasteiger partial charge in [0, 0.05) is 36.7 Å². The maximum Gasteiger partial charge on any atom is 0.232 e. The lowest BCUT2D eigenvalue weighted by atomic mass is 10.0. The molecular weight excluding hydrogens is 364 g/mol. The van der Waals surface area contributed by atoms with E-state index >= 15 is 0 Å². The summed E-state index contributed by atoms with van der Waals surface area (Å²) >= 11 is 3.71. The summed E-state index contributed by atoms with van der Waals surface area (Å²) in [5.41, 5.74) is 0. The maximum absolute atomic E-state index is 12.4. The summed E-state index contributed by atoms with van der Waals surface area (Å²) in [6, 6.07) is 0. The first kappa shape index (κ1) is 20.4. The number of hydrogen-bond acceptors (Lipinski definition) is 4. The number of hydrogen-bond donors (Lipinski definition) is 0. The van der Waals surface area contributed by atoms with Crippen molar-refractivity contribution in [1.29, 1.82) is 0 Å². The van der Waals surface area contributed by atoms with E-state index in [4.69, 9.17) is 0 Å². The zero-order valence-corrected chi connectivity index (χ0v) is 17.6. The fourth-order valence-corrected chi connectivity index (χ4v) is 6.68. The highest BCUT2D eigenvalue weighted by atomic mass is 32.2. The standard InChI is InChI=1S/C20H34N2O2S2/c23-19(15-25-17-7-3-1-4-8-17)21-11-13-22(14-12-21)20(24)16-26-18-9-5-2-6-10-18/h17-18H,1-16H2. The number of amides is 2. The van der Waals surface area contributed by atoms with Crippen molar-refractivity contribution in [2.75, 3.05) is 37.7 Å². The summed E-state index contributed by atoms with van der Waals surface area (Å²) in [5, 5.41) is 1.37. The van der Waals surface area contributed by atoms with E-state index in [2.05, 4.69) is 0 Å². The number of piperazine rings is 1. The maximum atomic E-state index is 12.4. The molecule has 3 fully saturated rings. The minimum Gasteiger partial charge on any atom is -0.338 e. The van der Waals surface area contributed by atoms with Gasteiger partial charge in [0.1, 0.15) is 0 Å². The molecule has 1 aliphatic heterocycles. The molecule has 0 radical (unpaired) electrons. The Bertz CT molecular complexity index is 413. The van der Waals surface area contributed by atoms with Gasteiger partial charge in [0.05, 0.1) is 11.5 Å². The molecule has 0 spiro atoms. The average molecular weight is 399 g/mol. The van der Waals surface area contributed by atoms with Crippen molar-refractivity contribution >= 4 is 35.3 Å². The van der Waals surface area contributed by atoms with Crippen LogP contribution in [0, 0.1) is 0 Å². The molecule has 0 bridgehead atoms. The van der Waals surface area contributed by atoms with Crippen LogP contribution in [0.3, 0.4) is 0 Å². The second-order valence-corrected chi connectivity index (χ2v) is 10.5. The Hall–Kier alpha value is -0.360. The molecule has 26 heavy (non-hydrogen) atoms. The molecule has 1 saturated heterocycles. The van der Waals surface area contributed by atoms with Gasteiger partial charge < -0.3 is 9.80 Å².